The fourth-order valence-corrected chi connectivity index (χ4v) is 2.90. The van der Waals surface area contributed by atoms with Crippen molar-refractivity contribution in [1.29, 1.82) is 0 Å². The maximum atomic E-state index is 12.3. The first-order chi connectivity index (χ1) is 10.6. The van der Waals surface area contributed by atoms with E-state index in [1.165, 1.54) is 6.20 Å². The second-order valence-electron chi connectivity index (χ2n) is 5.28. The van der Waals surface area contributed by atoms with Crippen LogP contribution in [0.15, 0.2) is 24.5 Å². The van der Waals surface area contributed by atoms with Crippen molar-refractivity contribution in [3.8, 4) is 5.75 Å². The van der Waals surface area contributed by atoms with Gasteiger partial charge >= 0.3 is 0 Å². The Morgan fingerprint density at radius 1 is 1.50 bits per heavy atom. The molecule has 0 saturated carbocycles. The van der Waals surface area contributed by atoms with Crippen LogP contribution in [0.3, 0.4) is 0 Å². The minimum Gasteiger partial charge on any atom is -0.485 e. The van der Waals surface area contributed by atoms with Gasteiger partial charge in [-0.3, -0.25) is 4.79 Å². The molecule has 0 aliphatic carbocycles. The second kappa shape index (κ2) is 6.27. The molecule has 1 fully saturated rings. The molecule has 3 heterocycles. The van der Waals surface area contributed by atoms with E-state index >= 15 is 0 Å². The minimum atomic E-state index is -0.0277. The Morgan fingerprint density at radius 2 is 2.36 bits per heavy atom. The number of pyridine rings is 1. The number of hydrogen-bond donors (Lipinski definition) is 0. The molecule has 8 heteroatoms. The van der Waals surface area contributed by atoms with E-state index in [1.807, 2.05) is 31.1 Å². The summed E-state index contributed by atoms with van der Waals surface area (Å²) in [4.78, 5) is 20.8. The molecular weight excluding hydrogens is 302 g/mol. The molecular formula is C14H17N5O2S. The normalized spacial score (nSPS) is 17.5. The van der Waals surface area contributed by atoms with Crippen LogP contribution in [-0.2, 0) is 0 Å². The highest BCUT2D eigenvalue weighted by Gasteiger charge is 2.29. The highest BCUT2D eigenvalue weighted by Crippen LogP contribution is 2.27. The van der Waals surface area contributed by atoms with Gasteiger partial charge in [-0.1, -0.05) is 4.49 Å². The number of aromatic nitrogens is 3. The maximum absolute atomic E-state index is 12.3. The molecule has 2 aromatic rings. The van der Waals surface area contributed by atoms with Gasteiger partial charge in [-0.05, 0) is 23.7 Å². The first-order valence-corrected chi connectivity index (χ1v) is 7.78. The molecule has 1 aliphatic rings. The number of amides is 1. The highest BCUT2D eigenvalue weighted by atomic mass is 32.1. The van der Waals surface area contributed by atoms with Crippen molar-refractivity contribution in [1.82, 2.24) is 19.5 Å². The third-order valence-corrected chi connectivity index (χ3v) is 4.13. The third kappa shape index (κ3) is 3.01. The fraction of sp³-hybridized carbons (Fsp3) is 0.429. The summed E-state index contributed by atoms with van der Waals surface area (Å²) in [7, 11) is 3.85. The Morgan fingerprint density at radius 3 is 3.09 bits per heavy atom. The Bertz CT molecular complexity index is 646. The van der Waals surface area contributed by atoms with E-state index in [0.29, 0.717) is 18.0 Å². The lowest BCUT2D eigenvalue weighted by Crippen LogP contribution is -2.30. The number of anilines is 1. The molecule has 0 radical (unpaired) electrons. The summed E-state index contributed by atoms with van der Waals surface area (Å²) in [6, 6.07) is 3.75. The zero-order chi connectivity index (χ0) is 15.5. The number of carbonyl (C=O) groups excluding carboxylic acids is 1. The lowest BCUT2D eigenvalue weighted by molar-refractivity contribution is 0.0777. The minimum absolute atomic E-state index is 0.0206. The molecule has 7 nitrogen and oxygen atoms in total. The Hall–Kier alpha value is -2.22. The highest BCUT2D eigenvalue weighted by molar-refractivity contribution is 7.07. The van der Waals surface area contributed by atoms with Crippen LogP contribution in [0, 0.1) is 0 Å². The van der Waals surface area contributed by atoms with Gasteiger partial charge in [0, 0.05) is 33.3 Å². The van der Waals surface area contributed by atoms with E-state index in [2.05, 4.69) is 14.6 Å². The van der Waals surface area contributed by atoms with Crippen LogP contribution in [0.4, 0.5) is 5.82 Å². The number of nitrogens with zero attached hydrogens (tertiary/aromatic N) is 5. The zero-order valence-corrected chi connectivity index (χ0v) is 13.3. The molecule has 2 aromatic heterocycles. The average Bonchev–Trinajstić information content (AvgIpc) is 3.18. The molecule has 22 heavy (non-hydrogen) atoms. The number of likely N-dealkylation sites (tertiary alicyclic amines) is 1. The van der Waals surface area contributed by atoms with Crippen molar-refractivity contribution in [2.45, 2.75) is 12.5 Å². The van der Waals surface area contributed by atoms with Crippen molar-refractivity contribution in [2.24, 2.45) is 0 Å². The van der Waals surface area contributed by atoms with Crippen LogP contribution >= 0.6 is 11.5 Å². The largest absolute Gasteiger partial charge is 0.485 e. The summed E-state index contributed by atoms with van der Waals surface area (Å²) in [5.74, 6) is 1.50. The van der Waals surface area contributed by atoms with E-state index in [1.54, 1.807) is 11.1 Å². The first kappa shape index (κ1) is 14.7. The van der Waals surface area contributed by atoms with E-state index in [0.717, 1.165) is 29.5 Å². The zero-order valence-electron chi connectivity index (χ0n) is 12.5. The molecule has 1 unspecified atom stereocenters. The van der Waals surface area contributed by atoms with Crippen LogP contribution in [0.2, 0.25) is 0 Å². The quantitative estimate of drug-likeness (QED) is 0.846. The van der Waals surface area contributed by atoms with E-state index in [4.69, 9.17) is 4.74 Å². The van der Waals surface area contributed by atoms with Crippen molar-refractivity contribution in [2.75, 3.05) is 32.1 Å². The van der Waals surface area contributed by atoms with E-state index in [9.17, 15) is 4.79 Å². The van der Waals surface area contributed by atoms with Crippen LogP contribution in [0.1, 0.15) is 16.1 Å². The monoisotopic (exact) mass is 319 g/mol. The smallest absolute Gasteiger partial charge is 0.267 e. The molecule has 0 aromatic carbocycles. The molecule has 1 amide bonds. The van der Waals surface area contributed by atoms with Crippen LogP contribution in [-0.4, -0.2) is 58.7 Å². The molecule has 0 spiro atoms. The lowest BCUT2D eigenvalue weighted by atomic mass is 10.3. The molecule has 1 saturated heterocycles. The van der Waals surface area contributed by atoms with E-state index < -0.39 is 0 Å². The van der Waals surface area contributed by atoms with E-state index in [-0.39, 0.29) is 12.0 Å². The Kier molecular flexibility index (Phi) is 4.19. The molecule has 116 valence electrons. The van der Waals surface area contributed by atoms with Gasteiger partial charge in [0.05, 0.1) is 12.7 Å². The molecule has 1 aliphatic heterocycles. The molecule has 3 rings (SSSR count). The van der Waals surface area contributed by atoms with Crippen LogP contribution in [0.25, 0.3) is 0 Å². The molecule has 0 N–H and O–H groups in total. The summed E-state index contributed by atoms with van der Waals surface area (Å²) < 4.78 is 9.77. The first-order valence-electron chi connectivity index (χ1n) is 7.01. The Labute approximate surface area is 132 Å². The van der Waals surface area contributed by atoms with Gasteiger partial charge in [0.25, 0.3) is 5.91 Å². The van der Waals surface area contributed by atoms with Gasteiger partial charge in [-0.15, -0.1) is 5.10 Å². The third-order valence-electron chi connectivity index (χ3n) is 3.47. The molecule has 1 atom stereocenters. The van der Waals surface area contributed by atoms with Crippen molar-refractivity contribution in [3.63, 3.8) is 0 Å². The SMILES string of the molecule is CN(C)c1ncccc1OC1CCN(C(=O)c2cnns2)C1. The topological polar surface area (TPSA) is 71.5 Å². The van der Waals surface area contributed by atoms with Gasteiger partial charge in [0.15, 0.2) is 11.6 Å². The summed E-state index contributed by atoms with van der Waals surface area (Å²) in [6.07, 6.45) is 4.03. The number of ether oxygens (including phenoxy) is 1. The van der Waals surface area contributed by atoms with Crippen molar-refractivity contribution < 1.29 is 9.53 Å². The molecule has 0 bridgehead atoms. The predicted molar refractivity (Wildman–Crippen MR) is 83.4 cm³/mol. The van der Waals surface area contributed by atoms with Gasteiger partial charge in [-0.25, -0.2) is 4.98 Å². The lowest BCUT2D eigenvalue weighted by Gasteiger charge is -2.20. The summed E-state index contributed by atoms with van der Waals surface area (Å²) in [5.41, 5.74) is 0. The summed E-state index contributed by atoms with van der Waals surface area (Å²) in [6.45, 7) is 1.25. The van der Waals surface area contributed by atoms with Gasteiger partial charge < -0.3 is 14.5 Å². The second-order valence-corrected chi connectivity index (χ2v) is 6.07. The van der Waals surface area contributed by atoms with Crippen molar-refractivity contribution in [3.05, 3.63) is 29.4 Å². The van der Waals surface area contributed by atoms with Gasteiger partial charge in [-0.2, -0.15) is 0 Å². The number of hydrogen-bond acceptors (Lipinski definition) is 7. The number of rotatable bonds is 4. The Balaban J connectivity index is 1.65. The fourth-order valence-electron chi connectivity index (χ4n) is 2.42. The summed E-state index contributed by atoms with van der Waals surface area (Å²) in [5, 5.41) is 3.71. The average molecular weight is 319 g/mol. The number of carbonyl (C=O) groups is 1. The van der Waals surface area contributed by atoms with Gasteiger partial charge in [0.1, 0.15) is 11.0 Å². The summed E-state index contributed by atoms with van der Waals surface area (Å²) >= 11 is 1.12. The predicted octanol–water partition coefficient (Wildman–Crippen LogP) is 1.29. The maximum Gasteiger partial charge on any atom is 0.267 e. The van der Waals surface area contributed by atoms with Crippen LogP contribution < -0.4 is 9.64 Å². The van der Waals surface area contributed by atoms with Crippen molar-refractivity contribution >= 4 is 23.3 Å². The standard InChI is InChI=1S/C14H17N5O2S/c1-18(2)13-11(4-3-6-15-13)21-10-5-7-19(9-10)14(20)12-8-16-17-22-12/h3-4,6,8,10H,5,7,9H2,1-2H3. The van der Waals surface area contributed by atoms with Gasteiger partial charge in [0.2, 0.25) is 0 Å². The van der Waals surface area contributed by atoms with Crippen LogP contribution in [0.5, 0.6) is 5.75 Å².